The molecule has 0 aliphatic carbocycles. The summed E-state index contributed by atoms with van der Waals surface area (Å²) in [5.41, 5.74) is 0.425. The molecule has 1 aromatic carbocycles. The lowest BCUT2D eigenvalue weighted by Gasteiger charge is -2.09. The lowest BCUT2D eigenvalue weighted by Crippen LogP contribution is -2.24. The van der Waals surface area contributed by atoms with Crippen molar-refractivity contribution < 1.29 is 18.3 Å². The van der Waals surface area contributed by atoms with Gasteiger partial charge >= 0.3 is 5.97 Å². The van der Waals surface area contributed by atoms with Crippen LogP contribution in [0.5, 0.6) is 0 Å². The highest BCUT2D eigenvalue weighted by molar-refractivity contribution is 9.10. The third kappa shape index (κ3) is 3.18. The standard InChI is InChI=1S/C11H12BrNO4S/c1-3-4-13-18(16,17)8-5-9(11(14)15)7(2)10(12)6-8/h3,5-6,13H,1,4H2,2H3,(H,14,15). The van der Waals surface area contributed by atoms with Gasteiger partial charge in [-0.05, 0) is 24.6 Å². The number of sulfonamides is 1. The number of carbonyl (C=O) groups is 1. The highest BCUT2D eigenvalue weighted by Gasteiger charge is 2.19. The van der Waals surface area contributed by atoms with Crippen LogP contribution in [0.15, 0.2) is 34.2 Å². The van der Waals surface area contributed by atoms with Crippen LogP contribution >= 0.6 is 15.9 Å². The Balaban J connectivity index is 3.35. The zero-order valence-corrected chi connectivity index (χ0v) is 12.0. The van der Waals surface area contributed by atoms with E-state index in [9.17, 15) is 13.2 Å². The van der Waals surface area contributed by atoms with E-state index >= 15 is 0 Å². The van der Waals surface area contributed by atoms with Gasteiger partial charge in [0, 0.05) is 11.0 Å². The van der Waals surface area contributed by atoms with Gasteiger partial charge in [0.2, 0.25) is 10.0 Å². The van der Waals surface area contributed by atoms with E-state index in [1.165, 1.54) is 12.1 Å². The van der Waals surface area contributed by atoms with Gasteiger partial charge in [-0.2, -0.15) is 0 Å². The predicted octanol–water partition coefficient (Wildman–Crippen LogP) is 1.92. The molecule has 0 bridgehead atoms. The first-order valence-electron chi connectivity index (χ1n) is 4.93. The van der Waals surface area contributed by atoms with Gasteiger partial charge in [0.1, 0.15) is 0 Å². The molecule has 0 aliphatic heterocycles. The van der Waals surface area contributed by atoms with E-state index in [0.29, 0.717) is 10.0 Å². The SMILES string of the molecule is C=CCNS(=O)(=O)c1cc(Br)c(C)c(C(=O)O)c1. The molecule has 1 rings (SSSR count). The molecule has 0 aromatic heterocycles. The Hall–Kier alpha value is -1.18. The summed E-state index contributed by atoms with van der Waals surface area (Å²) in [5, 5.41) is 9.00. The summed E-state index contributed by atoms with van der Waals surface area (Å²) in [6, 6.07) is 2.50. The van der Waals surface area contributed by atoms with Crippen molar-refractivity contribution in [2.75, 3.05) is 6.54 Å². The van der Waals surface area contributed by atoms with Gasteiger partial charge in [0.25, 0.3) is 0 Å². The molecule has 0 saturated heterocycles. The zero-order valence-electron chi connectivity index (χ0n) is 9.60. The van der Waals surface area contributed by atoms with Crippen molar-refractivity contribution in [3.05, 3.63) is 40.4 Å². The van der Waals surface area contributed by atoms with Crippen LogP contribution in [0.25, 0.3) is 0 Å². The van der Waals surface area contributed by atoms with E-state index in [1.807, 2.05) is 0 Å². The Morgan fingerprint density at radius 3 is 2.67 bits per heavy atom. The van der Waals surface area contributed by atoms with Gasteiger partial charge in [-0.25, -0.2) is 17.9 Å². The van der Waals surface area contributed by atoms with E-state index in [4.69, 9.17) is 5.11 Å². The lowest BCUT2D eigenvalue weighted by molar-refractivity contribution is 0.0695. The number of hydrogen-bond donors (Lipinski definition) is 2. The van der Waals surface area contributed by atoms with Gasteiger partial charge in [0.15, 0.2) is 0 Å². The minimum atomic E-state index is -3.73. The molecule has 1 aromatic rings. The molecule has 0 aliphatic rings. The molecular weight excluding hydrogens is 322 g/mol. The van der Waals surface area contributed by atoms with Crippen molar-refractivity contribution in [2.45, 2.75) is 11.8 Å². The van der Waals surface area contributed by atoms with Crippen molar-refractivity contribution >= 4 is 31.9 Å². The summed E-state index contributed by atoms with van der Waals surface area (Å²) in [6.45, 7) is 5.08. The second kappa shape index (κ2) is 5.64. The van der Waals surface area contributed by atoms with Crippen molar-refractivity contribution in [1.29, 1.82) is 0 Å². The lowest BCUT2D eigenvalue weighted by atomic mass is 10.1. The van der Waals surface area contributed by atoms with E-state index in [2.05, 4.69) is 27.2 Å². The molecular formula is C11H12BrNO4S. The Labute approximate surface area is 114 Å². The van der Waals surface area contributed by atoms with Crippen molar-refractivity contribution in [3.8, 4) is 0 Å². The summed E-state index contributed by atoms with van der Waals surface area (Å²) < 4.78 is 26.4. The molecule has 0 unspecified atom stereocenters. The van der Waals surface area contributed by atoms with Gasteiger partial charge in [-0.15, -0.1) is 6.58 Å². The van der Waals surface area contributed by atoms with E-state index in [1.54, 1.807) is 6.92 Å². The Kier molecular flexibility index (Phi) is 4.66. The smallest absolute Gasteiger partial charge is 0.336 e. The first-order chi connectivity index (χ1) is 8.29. The molecule has 0 amide bonds. The highest BCUT2D eigenvalue weighted by Crippen LogP contribution is 2.24. The van der Waals surface area contributed by atoms with E-state index in [-0.39, 0.29) is 17.0 Å². The molecule has 18 heavy (non-hydrogen) atoms. The quantitative estimate of drug-likeness (QED) is 0.806. The summed E-state index contributed by atoms with van der Waals surface area (Å²) >= 11 is 3.15. The fraction of sp³-hybridized carbons (Fsp3) is 0.182. The Bertz CT molecular complexity index is 595. The van der Waals surface area contributed by atoms with E-state index < -0.39 is 16.0 Å². The van der Waals surface area contributed by atoms with E-state index in [0.717, 1.165) is 6.07 Å². The van der Waals surface area contributed by atoms with Crippen LogP contribution in [-0.4, -0.2) is 26.0 Å². The first kappa shape index (κ1) is 14.9. The number of hydrogen-bond acceptors (Lipinski definition) is 3. The second-order valence-electron chi connectivity index (χ2n) is 3.52. The average molecular weight is 334 g/mol. The number of carboxylic acids is 1. The molecule has 0 radical (unpaired) electrons. The fourth-order valence-electron chi connectivity index (χ4n) is 1.28. The second-order valence-corrected chi connectivity index (χ2v) is 6.14. The highest BCUT2D eigenvalue weighted by atomic mass is 79.9. The minimum absolute atomic E-state index is 0.0525. The number of carboxylic acid groups (broad SMARTS) is 1. The summed E-state index contributed by atoms with van der Waals surface area (Å²) in [5.74, 6) is -1.17. The van der Waals surface area contributed by atoms with Gasteiger partial charge in [-0.3, -0.25) is 0 Å². The third-order valence-electron chi connectivity index (χ3n) is 2.28. The maximum Gasteiger partial charge on any atom is 0.336 e. The Morgan fingerprint density at radius 1 is 1.56 bits per heavy atom. The molecule has 98 valence electrons. The van der Waals surface area contributed by atoms with Crippen LogP contribution < -0.4 is 4.72 Å². The zero-order chi connectivity index (χ0) is 13.9. The minimum Gasteiger partial charge on any atom is -0.478 e. The number of halogens is 1. The largest absolute Gasteiger partial charge is 0.478 e. The topological polar surface area (TPSA) is 83.5 Å². The Morgan fingerprint density at radius 2 is 2.17 bits per heavy atom. The van der Waals surface area contributed by atoms with Crippen LogP contribution in [0.2, 0.25) is 0 Å². The fourth-order valence-corrected chi connectivity index (χ4v) is 2.94. The van der Waals surface area contributed by atoms with Gasteiger partial charge < -0.3 is 5.11 Å². The van der Waals surface area contributed by atoms with Gasteiger partial charge in [0.05, 0.1) is 10.5 Å². The third-order valence-corrected chi connectivity index (χ3v) is 4.50. The first-order valence-corrected chi connectivity index (χ1v) is 7.21. The summed E-state index contributed by atoms with van der Waals surface area (Å²) in [4.78, 5) is 10.9. The number of rotatable bonds is 5. The molecule has 0 saturated carbocycles. The van der Waals surface area contributed by atoms with Crippen LogP contribution in [0, 0.1) is 6.92 Å². The number of benzene rings is 1. The summed E-state index contributed by atoms with van der Waals surface area (Å²) in [7, 11) is -3.73. The number of aromatic carboxylic acids is 1. The molecule has 0 spiro atoms. The molecule has 5 nitrogen and oxygen atoms in total. The van der Waals surface area contributed by atoms with Gasteiger partial charge in [-0.1, -0.05) is 22.0 Å². The maximum atomic E-state index is 11.9. The molecule has 0 fully saturated rings. The van der Waals surface area contributed by atoms with Crippen LogP contribution in [0.4, 0.5) is 0 Å². The molecule has 7 heteroatoms. The van der Waals surface area contributed by atoms with Crippen molar-refractivity contribution in [2.24, 2.45) is 0 Å². The predicted molar refractivity (Wildman–Crippen MR) is 71.2 cm³/mol. The summed E-state index contributed by atoms with van der Waals surface area (Å²) in [6.07, 6.45) is 1.40. The van der Waals surface area contributed by atoms with Crippen LogP contribution in [0.3, 0.4) is 0 Å². The van der Waals surface area contributed by atoms with Crippen molar-refractivity contribution in [3.63, 3.8) is 0 Å². The monoisotopic (exact) mass is 333 g/mol. The molecule has 0 atom stereocenters. The molecule has 0 heterocycles. The van der Waals surface area contributed by atoms with Crippen LogP contribution in [-0.2, 0) is 10.0 Å². The maximum absolute atomic E-state index is 11.9. The number of nitrogens with one attached hydrogen (secondary N) is 1. The van der Waals surface area contributed by atoms with Crippen LogP contribution in [0.1, 0.15) is 15.9 Å². The normalized spacial score (nSPS) is 11.2. The average Bonchev–Trinajstić information content (AvgIpc) is 2.29. The van der Waals surface area contributed by atoms with Crippen molar-refractivity contribution in [1.82, 2.24) is 4.72 Å². The molecule has 2 N–H and O–H groups in total.